The average Bonchev–Trinajstić information content (AvgIpc) is 2.62. The van der Waals surface area contributed by atoms with Crippen molar-refractivity contribution < 1.29 is 10.0 Å². The first-order valence-electron chi connectivity index (χ1n) is 6.43. The molecule has 0 radical (unpaired) electrons. The molecule has 0 bridgehead atoms. The van der Waals surface area contributed by atoms with E-state index in [1.807, 2.05) is 0 Å². The predicted molar refractivity (Wildman–Crippen MR) is 73.3 cm³/mol. The van der Waals surface area contributed by atoms with E-state index >= 15 is 0 Å². The van der Waals surface area contributed by atoms with Gasteiger partial charge in [0.25, 0.3) is 5.69 Å². The molecule has 2 rings (SSSR count). The van der Waals surface area contributed by atoms with Crippen LogP contribution in [0.1, 0.15) is 12.0 Å². The van der Waals surface area contributed by atoms with Gasteiger partial charge in [0.1, 0.15) is 0 Å². The number of benzene rings is 1. The number of nitro benzene ring substituents is 1. The summed E-state index contributed by atoms with van der Waals surface area (Å²) in [6.07, 6.45) is 1.05. The van der Waals surface area contributed by atoms with Crippen LogP contribution in [0, 0.1) is 10.1 Å². The molecule has 0 saturated carbocycles. The highest BCUT2D eigenvalue weighted by Gasteiger charge is 2.17. The molecule has 6 nitrogen and oxygen atoms in total. The highest BCUT2D eigenvalue weighted by Crippen LogP contribution is 2.26. The summed E-state index contributed by atoms with van der Waals surface area (Å²) in [5, 5.41) is 20.2. The number of aliphatic hydroxyl groups is 1. The van der Waals surface area contributed by atoms with Crippen molar-refractivity contribution in [1.82, 2.24) is 4.90 Å². The first-order chi connectivity index (χ1) is 9.11. The SMILES string of the molecule is CN1CCCN(c2ccc([N+](=O)[O-])cc2CO)CC1. The predicted octanol–water partition coefficient (Wildman–Crippen LogP) is 1.23. The molecule has 1 heterocycles. The number of aliphatic hydroxyl groups excluding tert-OH is 1. The van der Waals surface area contributed by atoms with Crippen LogP contribution < -0.4 is 4.90 Å². The van der Waals surface area contributed by atoms with Gasteiger partial charge in [-0.3, -0.25) is 10.1 Å². The van der Waals surface area contributed by atoms with E-state index in [9.17, 15) is 15.2 Å². The van der Waals surface area contributed by atoms with Gasteiger partial charge in [0.05, 0.1) is 11.5 Å². The zero-order valence-electron chi connectivity index (χ0n) is 11.1. The quantitative estimate of drug-likeness (QED) is 0.657. The lowest BCUT2D eigenvalue weighted by Crippen LogP contribution is -2.29. The smallest absolute Gasteiger partial charge is 0.269 e. The van der Waals surface area contributed by atoms with E-state index in [2.05, 4.69) is 16.8 Å². The van der Waals surface area contributed by atoms with Crippen LogP contribution in [0.5, 0.6) is 0 Å². The second-order valence-corrected chi connectivity index (χ2v) is 4.87. The Kier molecular flexibility index (Phi) is 4.34. The van der Waals surface area contributed by atoms with Crippen molar-refractivity contribution in [1.29, 1.82) is 0 Å². The molecule has 1 aromatic carbocycles. The molecule has 6 heteroatoms. The van der Waals surface area contributed by atoms with Gasteiger partial charge >= 0.3 is 0 Å². The Morgan fingerprint density at radius 2 is 2.11 bits per heavy atom. The van der Waals surface area contributed by atoms with Crippen molar-refractivity contribution in [3.8, 4) is 0 Å². The van der Waals surface area contributed by atoms with Crippen LogP contribution in [0.4, 0.5) is 11.4 Å². The lowest BCUT2D eigenvalue weighted by atomic mass is 10.1. The topological polar surface area (TPSA) is 69.9 Å². The van der Waals surface area contributed by atoms with Gasteiger partial charge in [-0.1, -0.05) is 0 Å². The number of hydrogen-bond acceptors (Lipinski definition) is 5. The highest BCUT2D eigenvalue weighted by atomic mass is 16.6. The molecule has 104 valence electrons. The van der Waals surface area contributed by atoms with E-state index in [1.165, 1.54) is 12.1 Å². The van der Waals surface area contributed by atoms with Crippen LogP contribution in [0.15, 0.2) is 18.2 Å². The van der Waals surface area contributed by atoms with Crippen molar-refractivity contribution in [3.05, 3.63) is 33.9 Å². The third kappa shape index (κ3) is 3.21. The van der Waals surface area contributed by atoms with Gasteiger partial charge in [-0.05, 0) is 26.1 Å². The van der Waals surface area contributed by atoms with Crippen molar-refractivity contribution >= 4 is 11.4 Å². The van der Waals surface area contributed by atoms with E-state index in [4.69, 9.17) is 0 Å². The van der Waals surface area contributed by atoms with Gasteiger partial charge in [0.15, 0.2) is 0 Å². The molecule has 1 fully saturated rings. The Hall–Kier alpha value is -1.66. The molecule has 1 aliphatic heterocycles. The molecule has 1 aliphatic rings. The molecule has 0 aromatic heterocycles. The standard InChI is InChI=1S/C13H19N3O3/c1-14-5-2-6-15(8-7-14)13-4-3-12(16(18)19)9-11(13)10-17/h3-4,9,17H,2,5-8,10H2,1H3. The maximum absolute atomic E-state index is 10.8. The third-order valence-electron chi connectivity index (χ3n) is 3.50. The van der Waals surface area contributed by atoms with Crippen molar-refractivity contribution in [3.63, 3.8) is 0 Å². The Balaban J connectivity index is 2.25. The van der Waals surface area contributed by atoms with Crippen molar-refractivity contribution in [2.45, 2.75) is 13.0 Å². The summed E-state index contributed by atoms with van der Waals surface area (Å²) in [4.78, 5) is 14.8. The largest absolute Gasteiger partial charge is 0.392 e. The molecule has 0 unspecified atom stereocenters. The monoisotopic (exact) mass is 265 g/mol. The Morgan fingerprint density at radius 1 is 1.32 bits per heavy atom. The second-order valence-electron chi connectivity index (χ2n) is 4.87. The van der Waals surface area contributed by atoms with Crippen LogP contribution >= 0.6 is 0 Å². The summed E-state index contributed by atoms with van der Waals surface area (Å²) in [6.45, 7) is 3.62. The maximum Gasteiger partial charge on any atom is 0.269 e. The molecule has 1 aromatic rings. The number of anilines is 1. The van der Waals surface area contributed by atoms with Crippen LogP contribution in [0.2, 0.25) is 0 Å². The Morgan fingerprint density at radius 3 is 2.79 bits per heavy atom. The Bertz CT molecular complexity index is 464. The number of nitrogens with zero attached hydrogens (tertiary/aromatic N) is 3. The molecule has 0 atom stereocenters. The summed E-state index contributed by atoms with van der Waals surface area (Å²) in [5.41, 5.74) is 1.56. The third-order valence-corrected chi connectivity index (χ3v) is 3.50. The fourth-order valence-electron chi connectivity index (χ4n) is 2.41. The summed E-state index contributed by atoms with van der Waals surface area (Å²) in [7, 11) is 2.09. The van der Waals surface area contributed by atoms with Gasteiger partial charge in [-0.15, -0.1) is 0 Å². The number of nitro groups is 1. The van der Waals surface area contributed by atoms with Crippen LogP contribution in [-0.4, -0.2) is 48.2 Å². The molecule has 1 saturated heterocycles. The van der Waals surface area contributed by atoms with Crippen LogP contribution in [-0.2, 0) is 6.61 Å². The van der Waals surface area contributed by atoms with E-state index in [0.717, 1.165) is 38.3 Å². The maximum atomic E-state index is 10.8. The normalized spacial score (nSPS) is 17.3. The van der Waals surface area contributed by atoms with Crippen molar-refractivity contribution in [2.75, 3.05) is 38.1 Å². The zero-order chi connectivity index (χ0) is 13.8. The van der Waals surface area contributed by atoms with Crippen LogP contribution in [0.3, 0.4) is 0 Å². The summed E-state index contributed by atoms with van der Waals surface area (Å²) >= 11 is 0. The summed E-state index contributed by atoms with van der Waals surface area (Å²) < 4.78 is 0. The lowest BCUT2D eigenvalue weighted by Gasteiger charge is -2.25. The molecular formula is C13H19N3O3. The Labute approximate surface area is 112 Å². The van der Waals surface area contributed by atoms with Gasteiger partial charge in [0.2, 0.25) is 0 Å². The van der Waals surface area contributed by atoms with Gasteiger partial charge < -0.3 is 14.9 Å². The molecule has 0 aliphatic carbocycles. The highest BCUT2D eigenvalue weighted by molar-refractivity contribution is 5.57. The van der Waals surface area contributed by atoms with Crippen molar-refractivity contribution in [2.24, 2.45) is 0 Å². The molecular weight excluding hydrogens is 246 g/mol. The molecule has 19 heavy (non-hydrogen) atoms. The zero-order valence-corrected chi connectivity index (χ0v) is 11.1. The first-order valence-corrected chi connectivity index (χ1v) is 6.43. The number of non-ortho nitro benzene ring substituents is 1. The number of hydrogen-bond donors (Lipinski definition) is 1. The van der Waals surface area contributed by atoms with Gasteiger partial charge in [-0.2, -0.15) is 0 Å². The van der Waals surface area contributed by atoms with E-state index in [1.54, 1.807) is 6.07 Å². The molecule has 1 N–H and O–H groups in total. The van der Waals surface area contributed by atoms with E-state index < -0.39 is 4.92 Å². The van der Waals surface area contributed by atoms with Crippen LogP contribution in [0.25, 0.3) is 0 Å². The molecule has 0 spiro atoms. The average molecular weight is 265 g/mol. The van der Waals surface area contributed by atoms with Gasteiger partial charge in [-0.25, -0.2) is 0 Å². The lowest BCUT2D eigenvalue weighted by molar-refractivity contribution is -0.384. The van der Waals surface area contributed by atoms with E-state index in [0.29, 0.717) is 5.56 Å². The fraction of sp³-hybridized carbons (Fsp3) is 0.538. The number of likely N-dealkylation sites (N-methyl/N-ethyl adjacent to an activating group) is 1. The second kappa shape index (κ2) is 5.99. The minimum Gasteiger partial charge on any atom is -0.392 e. The molecule has 0 amide bonds. The number of rotatable bonds is 3. The fourth-order valence-corrected chi connectivity index (χ4v) is 2.41. The summed E-state index contributed by atoms with van der Waals surface area (Å²) in [5.74, 6) is 0. The minimum atomic E-state index is -0.431. The summed E-state index contributed by atoms with van der Waals surface area (Å²) in [6, 6.07) is 4.71. The first kappa shape index (κ1) is 13.8. The van der Waals surface area contributed by atoms with Gasteiger partial charge in [0, 0.05) is 43.0 Å². The minimum absolute atomic E-state index is 0.0275. The van der Waals surface area contributed by atoms with E-state index in [-0.39, 0.29) is 12.3 Å².